The van der Waals surface area contributed by atoms with E-state index in [1.54, 1.807) is 23.2 Å². The highest BCUT2D eigenvalue weighted by Crippen LogP contribution is 2.37. The smallest absolute Gasteiger partial charge is 0.268 e. The largest absolute Gasteiger partial charge is 0.357 e. The Labute approximate surface area is 152 Å². The number of carbonyl (C=O) groups is 1. The molecule has 2 aromatic rings. The van der Waals surface area contributed by atoms with Gasteiger partial charge in [0.1, 0.15) is 17.8 Å². The second-order valence-corrected chi connectivity index (χ2v) is 7.42. The standard InChI is InChI=1S/C18H22ClN5O/c1-23-10-13(19)8-16(23)18(25)22-14-6-12(7-14)15-9-17(21-11-20-15)24-4-2-3-5-24/h8-12,14H,2-7H2,1H3,(H,22,25). The van der Waals surface area contributed by atoms with Gasteiger partial charge in [0.05, 0.1) is 5.02 Å². The number of nitrogens with zero attached hydrogens (tertiary/aromatic N) is 4. The fraction of sp³-hybridized carbons (Fsp3) is 0.500. The number of hydrogen-bond donors (Lipinski definition) is 1. The fourth-order valence-electron chi connectivity index (χ4n) is 3.69. The minimum Gasteiger partial charge on any atom is -0.357 e. The average Bonchev–Trinajstić information content (AvgIpc) is 3.20. The highest BCUT2D eigenvalue weighted by Gasteiger charge is 2.33. The molecule has 1 aliphatic carbocycles. The maximum atomic E-state index is 12.3. The van der Waals surface area contributed by atoms with Crippen molar-refractivity contribution in [1.29, 1.82) is 0 Å². The Kier molecular flexibility index (Phi) is 4.37. The van der Waals surface area contributed by atoms with Crippen LogP contribution in [0.25, 0.3) is 0 Å². The minimum atomic E-state index is -0.0710. The number of anilines is 1. The van der Waals surface area contributed by atoms with Gasteiger partial charge in [0, 0.05) is 50.1 Å². The van der Waals surface area contributed by atoms with Crippen molar-refractivity contribution in [3.8, 4) is 0 Å². The summed E-state index contributed by atoms with van der Waals surface area (Å²) in [5.74, 6) is 1.36. The van der Waals surface area contributed by atoms with E-state index in [0.717, 1.165) is 37.4 Å². The molecular formula is C18H22ClN5O. The molecule has 1 saturated carbocycles. The maximum Gasteiger partial charge on any atom is 0.268 e. The van der Waals surface area contributed by atoms with Gasteiger partial charge >= 0.3 is 0 Å². The molecule has 25 heavy (non-hydrogen) atoms. The average molecular weight is 360 g/mol. The molecule has 3 heterocycles. The summed E-state index contributed by atoms with van der Waals surface area (Å²) in [6.07, 6.45) is 7.71. The molecule has 6 nitrogen and oxygen atoms in total. The Morgan fingerprint density at radius 2 is 2.00 bits per heavy atom. The molecule has 0 aromatic carbocycles. The van der Waals surface area contributed by atoms with Gasteiger partial charge in [-0.25, -0.2) is 9.97 Å². The number of hydrogen-bond acceptors (Lipinski definition) is 4. The van der Waals surface area contributed by atoms with Crippen molar-refractivity contribution in [2.75, 3.05) is 18.0 Å². The second-order valence-electron chi connectivity index (χ2n) is 6.99. The van der Waals surface area contributed by atoms with Crippen LogP contribution in [0.3, 0.4) is 0 Å². The molecule has 1 amide bonds. The molecule has 0 bridgehead atoms. The quantitative estimate of drug-likeness (QED) is 0.911. The molecule has 7 heteroatoms. The van der Waals surface area contributed by atoms with E-state index in [1.165, 1.54) is 12.8 Å². The van der Waals surface area contributed by atoms with E-state index in [0.29, 0.717) is 16.6 Å². The lowest BCUT2D eigenvalue weighted by Crippen LogP contribution is -2.44. The van der Waals surface area contributed by atoms with Crippen molar-refractivity contribution < 1.29 is 4.79 Å². The molecule has 4 rings (SSSR count). The van der Waals surface area contributed by atoms with Crippen LogP contribution < -0.4 is 10.2 Å². The van der Waals surface area contributed by atoms with Gasteiger partial charge in [0.25, 0.3) is 5.91 Å². The summed E-state index contributed by atoms with van der Waals surface area (Å²) in [6.45, 7) is 2.16. The molecule has 2 aliphatic rings. The third kappa shape index (κ3) is 3.35. The van der Waals surface area contributed by atoms with Crippen LogP contribution in [-0.4, -0.2) is 39.6 Å². The summed E-state index contributed by atoms with van der Waals surface area (Å²) in [7, 11) is 1.82. The Morgan fingerprint density at radius 1 is 1.24 bits per heavy atom. The first-order valence-corrected chi connectivity index (χ1v) is 9.17. The van der Waals surface area contributed by atoms with Gasteiger partial charge < -0.3 is 14.8 Å². The van der Waals surface area contributed by atoms with Crippen LogP contribution in [-0.2, 0) is 7.05 Å². The second kappa shape index (κ2) is 6.67. The SMILES string of the molecule is Cn1cc(Cl)cc1C(=O)NC1CC(c2cc(N3CCCC3)ncn2)C1. The van der Waals surface area contributed by atoms with E-state index in [2.05, 4.69) is 26.3 Å². The summed E-state index contributed by atoms with van der Waals surface area (Å²) in [5.41, 5.74) is 1.68. The molecule has 0 radical (unpaired) electrons. The Hall–Kier alpha value is -2.08. The third-order valence-corrected chi connectivity index (χ3v) is 5.41. The molecule has 0 unspecified atom stereocenters. The molecule has 1 N–H and O–H groups in total. The van der Waals surface area contributed by atoms with Crippen LogP contribution in [0.5, 0.6) is 0 Å². The zero-order chi connectivity index (χ0) is 17.4. The van der Waals surface area contributed by atoms with Gasteiger partial charge in [-0.1, -0.05) is 11.6 Å². The summed E-state index contributed by atoms with van der Waals surface area (Å²) in [6, 6.07) is 4.00. The molecule has 132 valence electrons. The maximum absolute atomic E-state index is 12.3. The van der Waals surface area contributed by atoms with Crippen molar-refractivity contribution in [2.45, 2.75) is 37.6 Å². The molecule has 2 fully saturated rings. The number of carbonyl (C=O) groups excluding carboxylic acids is 1. The first-order valence-electron chi connectivity index (χ1n) is 8.80. The number of rotatable bonds is 4. The van der Waals surface area contributed by atoms with Gasteiger partial charge in [-0.15, -0.1) is 0 Å². The zero-order valence-corrected chi connectivity index (χ0v) is 15.0. The van der Waals surface area contributed by atoms with Gasteiger partial charge in [0.2, 0.25) is 0 Å². The third-order valence-electron chi connectivity index (χ3n) is 5.20. The normalized spacial score (nSPS) is 22.7. The highest BCUT2D eigenvalue weighted by atomic mass is 35.5. The highest BCUT2D eigenvalue weighted by molar-refractivity contribution is 6.31. The lowest BCUT2D eigenvalue weighted by molar-refractivity contribution is 0.0900. The zero-order valence-electron chi connectivity index (χ0n) is 14.3. The molecule has 0 spiro atoms. The summed E-state index contributed by atoms with van der Waals surface area (Å²) >= 11 is 5.95. The van der Waals surface area contributed by atoms with Gasteiger partial charge in [-0.05, 0) is 31.7 Å². The predicted octanol–water partition coefficient (Wildman–Crippen LogP) is 2.74. The molecular weight excluding hydrogens is 338 g/mol. The predicted molar refractivity (Wildman–Crippen MR) is 97.1 cm³/mol. The lowest BCUT2D eigenvalue weighted by Gasteiger charge is -2.35. The topological polar surface area (TPSA) is 63.1 Å². The van der Waals surface area contributed by atoms with Crippen molar-refractivity contribution >= 4 is 23.3 Å². The summed E-state index contributed by atoms with van der Waals surface area (Å²) in [5, 5.41) is 3.66. The number of aryl methyl sites for hydroxylation is 1. The molecule has 1 aliphatic heterocycles. The van der Waals surface area contributed by atoms with Gasteiger partial charge in [-0.3, -0.25) is 4.79 Å². The van der Waals surface area contributed by atoms with Crippen LogP contribution in [0.4, 0.5) is 5.82 Å². The van der Waals surface area contributed by atoms with E-state index in [4.69, 9.17) is 11.6 Å². The van der Waals surface area contributed by atoms with Crippen molar-refractivity contribution in [2.24, 2.45) is 7.05 Å². The summed E-state index contributed by atoms with van der Waals surface area (Å²) in [4.78, 5) is 23.5. The van der Waals surface area contributed by atoms with Crippen LogP contribution in [0.2, 0.25) is 5.02 Å². The van der Waals surface area contributed by atoms with Crippen LogP contribution in [0.1, 0.15) is 47.8 Å². The molecule has 0 atom stereocenters. The van der Waals surface area contributed by atoms with E-state index in [9.17, 15) is 4.79 Å². The van der Waals surface area contributed by atoms with Gasteiger partial charge in [0.15, 0.2) is 0 Å². The van der Waals surface area contributed by atoms with Crippen molar-refractivity contribution in [3.63, 3.8) is 0 Å². The number of halogens is 1. The first-order chi connectivity index (χ1) is 12.1. The first kappa shape index (κ1) is 16.4. The van der Waals surface area contributed by atoms with Crippen LogP contribution in [0, 0.1) is 0 Å². The van der Waals surface area contributed by atoms with E-state index < -0.39 is 0 Å². The Morgan fingerprint density at radius 3 is 2.68 bits per heavy atom. The lowest BCUT2D eigenvalue weighted by atomic mass is 9.78. The minimum absolute atomic E-state index is 0.0710. The van der Waals surface area contributed by atoms with E-state index >= 15 is 0 Å². The number of aromatic nitrogens is 3. The van der Waals surface area contributed by atoms with Crippen LogP contribution >= 0.6 is 11.6 Å². The number of nitrogens with one attached hydrogen (secondary N) is 1. The Bertz CT molecular complexity index is 778. The summed E-state index contributed by atoms with van der Waals surface area (Å²) < 4.78 is 1.75. The van der Waals surface area contributed by atoms with Crippen molar-refractivity contribution in [1.82, 2.24) is 19.9 Å². The monoisotopic (exact) mass is 359 g/mol. The molecule has 2 aromatic heterocycles. The van der Waals surface area contributed by atoms with Gasteiger partial charge in [-0.2, -0.15) is 0 Å². The van der Waals surface area contributed by atoms with E-state index in [-0.39, 0.29) is 11.9 Å². The fourth-order valence-corrected chi connectivity index (χ4v) is 3.94. The Balaban J connectivity index is 1.35. The number of amides is 1. The van der Waals surface area contributed by atoms with E-state index in [1.807, 2.05) is 7.05 Å². The van der Waals surface area contributed by atoms with Crippen molar-refractivity contribution in [3.05, 3.63) is 41.1 Å². The van der Waals surface area contributed by atoms with Crippen LogP contribution in [0.15, 0.2) is 24.7 Å². The molecule has 1 saturated heterocycles.